The molecule has 0 radical (unpaired) electrons. The zero-order valence-electron chi connectivity index (χ0n) is 20.1. The van der Waals surface area contributed by atoms with E-state index in [1.165, 1.54) is 10.5 Å². The van der Waals surface area contributed by atoms with Crippen LogP contribution in [0.3, 0.4) is 0 Å². The molecule has 2 aromatic rings. The Labute approximate surface area is 210 Å². The fourth-order valence-electron chi connectivity index (χ4n) is 4.20. The fraction of sp³-hybridized carbons (Fsp3) is 0.346. The lowest BCUT2D eigenvalue weighted by molar-refractivity contribution is -0.118. The van der Waals surface area contributed by atoms with Crippen LogP contribution in [-0.4, -0.2) is 24.3 Å². The Balaban J connectivity index is 1.55. The number of carbonyl (C=O) groups excluding carboxylic acids is 1. The normalized spacial score (nSPS) is 22.0. The molecular weight excluding hydrogens is 480 g/mol. The van der Waals surface area contributed by atoms with E-state index in [0.717, 1.165) is 29.8 Å². The van der Waals surface area contributed by atoms with Crippen LogP contribution >= 0.6 is 11.3 Å². The Morgan fingerprint density at radius 1 is 1.29 bits per heavy atom. The smallest absolute Gasteiger partial charge is 0.249 e. The van der Waals surface area contributed by atoms with Crippen LogP contribution < -0.4 is 10.0 Å². The molecule has 0 bridgehead atoms. The van der Waals surface area contributed by atoms with Gasteiger partial charge in [-0.15, -0.1) is 0 Å². The lowest BCUT2D eigenvalue weighted by Gasteiger charge is -2.32. The van der Waals surface area contributed by atoms with E-state index in [1.54, 1.807) is 19.2 Å². The molecule has 0 saturated heterocycles. The third kappa shape index (κ3) is 5.86. The van der Waals surface area contributed by atoms with Crippen LogP contribution in [0.4, 0.5) is 5.13 Å². The second-order valence-electron chi connectivity index (χ2n) is 9.36. The van der Waals surface area contributed by atoms with Gasteiger partial charge in [0.25, 0.3) is 0 Å². The van der Waals surface area contributed by atoms with Gasteiger partial charge in [-0.1, -0.05) is 67.7 Å². The summed E-state index contributed by atoms with van der Waals surface area (Å²) >= 11 is 0.904. The summed E-state index contributed by atoms with van der Waals surface area (Å²) in [7, 11) is -3.93. The summed E-state index contributed by atoms with van der Waals surface area (Å²) in [6.45, 7) is 6.18. The Morgan fingerprint density at radius 3 is 2.66 bits per heavy atom. The predicted octanol–water partition coefficient (Wildman–Crippen LogP) is 4.83. The third-order valence-electron chi connectivity index (χ3n) is 6.36. The van der Waals surface area contributed by atoms with Crippen molar-refractivity contribution < 1.29 is 13.2 Å². The van der Waals surface area contributed by atoms with Crippen molar-refractivity contribution in [2.24, 2.45) is 16.5 Å². The van der Waals surface area contributed by atoms with Gasteiger partial charge in [0, 0.05) is 11.6 Å². The predicted molar refractivity (Wildman–Crippen MR) is 139 cm³/mol. The van der Waals surface area contributed by atoms with Crippen LogP contribution in [0.1, 0.15) is 44.5 Å². The number of amides is 1. The summed E-state index contributed by atoms with van der Waals surface area (Å²) in [5.74, 6) is 0.378. The van der Waals surface area contributed by atoms with Crippen LogP contribution in [0, 0.1) is 18.3 Å². The molecule has 2 heterocycles. The Hall–Kier alpha value is -2.88. The topological polar surface area (TPSA) is 106 Å². The summed E-state index contributed by atoms with van der Waals surface area (Å²) in [6.07, 6.45) is 16.8. The minimum Gasteiger partial charge on any atom is -0.282 e. The molecule has 0 spiro atoms. The zero-order chi connectivity index (χ0) is 25.2. The monoisotopic (exact) mass is 510 g/mol. The second kappa shape index (κ2) is 10.0. The molecule has 2 aliphatic carbocycles. The van der Waals surface area contributed by atoms with Crippen molar-refractivity contribution >= 4 is 32.4 Å². The van der Waals surface area contributed by atoms with E-state index in [2.05, 4.69) is 54.2 Å². The number of nitrogens with two attached hydrogens (primary N) is 1. The Bertz CT molecular complexity index is 1340. The van der Waals surface area contributed by atoms with Crippen LogP contribution in [0.2, 0.25) is 0 Å². The van der Waals surface area contributed by atoms with Gasteiger partial charge in [0.05, 0.1) is 24.4 Å². The van der Waals surface area contributed by atoms with Crippen molar-refractivity contribution in [1.29, 1.82) is 0 Å². The van der Waals surface area contributed by atoms with Gasteiger partial charge in [-0.2, -0.15) is 0 Å². The first-order chi connectivity index (χ1) is 16.5. The summed E-state index contributed by atoms with van der Waals surface area (Å²) in [5, 5.41) is 5.63. The molecule has 0 fully saturated rings. The number of aromatic nitrogens is 2. The van der Waals surface area contributed by atoms with Gasteiger partial charge in [-0.05, 0) is 49.0 Å². The number of primary sulfonamides is 1. The molecule has 184 valence electrons. The summed E-state index contributed by atoms with van der Waals surface area (Å²) in [5.41, 5.74) is 3.10. The van der Waals surface area contributed by atoms with Crippen molar-refractivity contribution in [3.8, 4) is 0 Å². The molecule has 7 nitrogen and oxygen atoms in total. The van der Waals surface area contributed by atoms with Gasteiger partial charge in [0.15, 0.2) is 9.34 Å². The lowest BCUT2D eigenvalue weighted by Crippen LogP contribution is -2.31. The van der Waals surface area contributed by atoms with E-state index in [4.69, 9.17) is 5.14 Å². The first-order valence-electron chi connectivity index (χ1n) is 11.5. The molecule has 2 atom stereocenters. The molecule has 2 unspecified atom stereocenters. The van der Waals surface area contributed by atoms with Crippen molar-refractivity contribution in [3.63, 3.8) is 0 Å². The Kier molecular flexibility index (Phi) is 7.21. The van der Waals surface area contributed by atoms with Crippen molar-refractivity contribution in [2.45, 2.75) is 50.8 Å². The fourth-order valence-corrected chi connectivity index (χ4v) is 6.16. The third-order valence-corrected chi connectivity index (χ3v) is 9.10. The first kappa shape index (κ1) is 25.2. The molecule has 9 heteroatoms. The molecular formula is C26H30N4O3S2. The number of aryl methyl sites for hydroxylation is 1. The van der Waals surface area contributed by atoms with Crippen molar-refractivity contribution in [1.82, 2.24) is 9.97 Å². The number of nitrogens with zero attached hydrogens (tertiary/aromatic N) is 3. The molecule has 35 heavy (non-hydrogen) atoms. The number of rotatable bonds is 7. The van der Waals surface area contributed by atoms with E-state index in [0.29, 0.717) is 16.7 Å². The second-order valence-corrected chi connectivity index (χ2v) is 12.1. The molecule has 2 aromatic heterocycles. The lowest BCUT2D eigenvalue weighted by atomic mass is 9.73. The van der Waals surface area contributed by atoms with Gasteiger partial charge in [-0.3, -0.25) is 14.7 Å². The number of hydrogen-bond acceptors (Lipinski definition) is 6. The van der Waals surface area contributed by atoms with E-state index in [1.807, 2.05) is 18.2 Å². The maximum atomic E-state index is 13.5. The first-order valence-corrected chi connectivity index (χ1v) is 13.9. The average Bonchev–Trinajstić information content (AvgIpc) is 3.22. The largest absolute Gasteiger partial charge is 0.282 e. The molecule has 1 amide bonds. The number of allylic oxidation sites excluding steroid dienone is 7. The summed E-state index contributed by atoms with van der Waals surface area (Å²) in [6, 6.07) is 5.46. The van der Waals surface area contributed by atoms with Gasteiger partial charge in [-0.25, -0.2) is 18.5 Å². The van der Waals surface area contributed by atoms with E-state index in [9.17, 15) is 13.2 Å². The number of thiazole rings is 1. The van der Waals surface area contributed by atoms with E-state index >= 15 is 0 Å². The minimum absolute atomic E-state index is 0.0398. The van der Waals surface area contributed by atoms with Gasteiger partial charge in [0.1, 0.15) is 0 Å². The standard InChI is InChI=1S/C26H30N4O3S2/c1-18-7-9-21(10-8-18)26(3)13-11-20(12-14-26)16-23(31)30(17-22-6-4-5-15-28-22)25-29-19(2)24(34-25)35(27,32)33/h4-7,9-13,15,18H,8,14,16-17H2,1-3H3,(H2,27,32,33). The highest BCUT2D eigenvalue weighted by Gasteiger charge is 2.29. The Morgan fingerprint density at radius 2 is 2.09 bits per heavy atom. The van der Waals surface area contributed by atoms with Gasteiger partial charge >= 0.3 is 0 Å². The van der Waals surface area contributed by atoms with Gasteiger partial charge < -0.3 is 0 Å². The van der Waals surface area contributed by atoms with Crippen molar-refractivity contribution in [3.05, 3.63) is 83.4 Å². The SMILES string of the molecule is Cc1nc(N(Cc2ccccn2)C(=O)CC2=CCC(C)(C3=CCC(C)C=C3)C=C2)sc1S(N)(=O)=O. The van der Waals surface area contributed by atoms with E-state index < -0.39 is 10.0 Å². The molecule has 0 aromatic carbocycles. The highest BCUT2D eigenvalue weighted by atomic mass is 32.2. The van der Waals surface area contributed by atoms with Crippen LogP contribution in [-0.2, 0) is 21.4 Å². The quantitative estimate of drug-likeness (QED) is 0.574. The van der Waals surface area contributed by atoms with E-state index in [-0.39, 0.29) is 34.2 Å². The molecule has 0 aliphatic heterocycles. The van der Waals surface area contributed by atoms with Crippen LogP contribution in [0.25, 0.3) is 0 Å². The number of pyridine rings is 1. The molecule has 2 N–H and O–H groups in total. The molecule has 4 rings (SSSR count). The minimum atomic E-state index is -3.93. The number of hydrogen-bond donors (Lipinski definition) is 1. The molecule has 0 saturated carbocycles. The number of sulfonamides is 1. The number of anilines is 1. The van der Waals surface area contributed by atoms with Crippen molar-refractivity contribution in [2.75, 3.05) is 4.90 Å². The van der Waals surface area contributed by atoms with Crippen LogP contribution in [0.15, 0.2) is 76.2 Å². The maximum absolute atomic E-state index is 13.5. The highest BCUT2D eigenvalue weighted by molar-refractivity contribution is 7.91. The number of carbonyl (C=O) groups is 1. The summed E-state index contributed by atoms with van der Waals surface area (Å²) in [4.78, 5) is 23.7. The van der Waals surface area contributed by atoms with Gasteiger partial charge in [0.2, 0.25) is 15.9 Å². The average molecular weight is 511 g/mol. The highest BCUT2D eigenvalue weighted by Crippen LogP contribution is 2.40. The van der Waals surface area contributed by atoms with Crippen LogP contribution in [0.5, 0.6) is 0 Å². The molecule has 2 aliphatic rings. The summed E-state index contributed by atoms with van der Waals surface area (Å²) < 4.78 is 23.9. The zero-order valence-corrected chi connectivity index (χ0v) is 21.8. The maximum Gasteiger partial charge on any atom is 0.249 e.